The van der Waals surface area contributed by atoms with Crippen LogP contribution in [0.15, 0.2) is 30.3 Å². The van der Waals surface area contributed by atoms with Gasteiger partial charge in [-0.05, 0) is 55.2 Å². The summed E-state index contributed by atoms with van der Waals surface area (Å²) in [7, 11) is 2.66. The zero-order valence-electron chi connectivity index (χ0n) is 22.5. The summed E-state index contributed by atoms with van der Waals surface area (Å²) in [6.45, 7) is 13.8. The molecule has 194 valence electrons. The maximum absolute atomic E-state index is 13.6. The molecule has 35 heavy (non-hydrogen) atoms. The van der Waals surface area contributed by atoms with Crippen LogP contribution in [-0.4, -0.2) is 48.7 Å². The van der Waals surface area contributed by atoms with Crippen LogP contribution in [0.5, 0.6) is 17.2 Å². The molecule has 1 N–H and O–H groups in total. The average Bonchev–Trinajstić information content (AvgIpc) is 2.80. The van der Waals surface area contributed by atoms with Gasteiger partial charge in [0.15, 0.2) is 19.8 Å². The van der Waals surface area contributed by atoms with Gasteiger partial charge >= 0.3 is 0 Å². The Morgan fingerprint density at radius 3 is 2.14 bits per heavy atom. The van der Waals surface area contributed by atoms with Crippen molar-refractivity contribution in [3.63, 3.8) is 0 Å². The van der Waals surface area contributed by atoms with Gasteiger partial charge in [-0.3, -0.25) is 4.79 Å². The molecular formula is C27H40FNO5Si. The SMILES string of the molecule is COc1cc(C(=O)NCC(CCO[Si](C)(C)C(C)(C)C)c2ccc(F)cc2)c(C)c(OC)c1OC. The van der Waals surface area contributed by atoms with E-state index in [0.29, 0.717) is 47.9 Å². The molecule has 2 rings (SSSR count). The second kappa shape index (κ2) is 11.9. The lowest BCUT2D eigenvalue weighted by atomic mass is 9.95. The van der Waals surface area contributed by atoms with E-state index < -0.39 is 8.32 Å². The van der Waals surface area contributed by atoms with Crippen LogP contribution in [0.25, 0.3) is 0 Å². The monoisotopic (exact) mass is 505 g/mol. The molecule has 2 aromatic carbocycles. The van der Waals surface area contributed by atoms with E-state index in [1.807, 2.05) is 0 Å². The Hall–Kier alpha value is -2.58. The van der Waals surface area contributed by atoms with E-state index in [0.717, 1.165) is 5.56 Å². The third kappa shape index (κ3) is 6.98. The Labute approximate surface area is 210 Å². The third-order valence-corrected chi connectivity index (χ3v) is 11.4. The molecule has 0 saturated heterocycles. The summed E-state index contributed by atoms with van der Waals surface area (Å²) in [6, 6.07) is 8.08. The Kier molecular flexibility index (Phi) is 9.74. The molecule has 2 aromatic rings. The van der Waals surface area contributed by atoms with Gasteiger partial charge in [-0.25, -0.2) is 4.39 Å². The van der Waals surface area contributed by atoms with Crippen LogP contribution in [0.2, 0.25) is 18.1 Å². The number of ether oxygens (including phenoxy) is 3. The predicted octanol–water partition coefficient (Wildman–Crippen LogP) is 6.09. The number of carbonyl (C=O) groups is 1. The molecule has 6 nitrogen and oxygen atoms in total. The molecule has 0 radical (unpaired) electrons. The molecule has 0 saturated carbocycles. The maximum atomic E-state index is 13.6. The van der Waals surface area contributed by atoms with Gasteiger partial charge in [-0.1, -0.05) is 32.9 Å². The molecule has 1 atom stereocenters. The first kappa shape index (κ1) is 28.7. The van der Waals surface area contributed by atoms with Gasteiger partial charge in [-0.2, -0.15) is 0 Å². The molecule has 0 aliphatic rings. The van der Waals surface area contributed by atoms with Gasteiger partial charge in [0.25, 0.3) is 5.91 Å². The standard InChI is InChI=1S/C27H40FNO5Si/c1-18-22(16-23(31-5)25(33-7)24(18)32-6)26(30)29-17-20(19-10-12-21(28)13-11-19)14-15-34-35(8,9)27(2,3)4/h10-13,16,20H,14-15,17H2,1-9H3,(H,29,30). The zero-order chi connectivity index (χ0) is 26.4. The fourth-order valence-electron chi connectivity index (χ4n) is 3.64. The number of hydrogen-bond donors (Lipinski definition) is 1. The van der Waals surface area contributed by atoms with Crippen LogP contribution in [0.1, 0.15) is 54.6 Å². The topological polar surface area (TPSA) is 66.0 Å². The predicted molar refractivity (Wildman–Crippen MR) is 140 cm³/mol. The molecule has 0 heterocycles. The van der Waals surface area contributed by atoms with E-state index in [-0.39, 0.29) is 22.7 Å². The second-order valence-electron chi connectivity index (χ2n) is 10.2. The number of halogens is 1. The fraction of sp³-hybridized carbons (Fsp3) is 0.519. The molecule has 0 fully saturated rings. The summed E-state index contributed by atoms with van der Waals surface area (Å²) >= 11 is 0. The first-order chi connectivity index (χ1) is 16.4. The van der Waals surface area contributed by atoms with Crippen LogP contribution in [0, 0.1) is 12.7 Å². The molecule has 8 heteroatoms. The van der Waals surface area contributed by atoms with Crippen molar-refractivity contribution in [2.45, 2.75) is 58.2 Å². The first-order valence-electron chi connectivity index (χ1n) is 11.8. The van der Waals surface area contributed by atoms with Gasteiger partial charge in [0.2, 0.25) is 5.75 Å². The number of benzene rings is 2. The minimum atomic E-state index is -1.90. The highest BCUT2D eigenvalue weighted by Crippen LogP contribution is 2.41. The van der Waals surface area contributed by atoms with Gasteiger partial charge in [0, 0.05) is 30.2 Å². The number of methoxy groups -OCH3 is 3. The normalized spacial score (nSPS) is 12.7. The zero-order valence-corrected chi connectivity index (χ0v) is 23.5. The summed E-state index contributed by atoms with van der Waals surface area (Å²) in [4.78, 5) is 13.2. The number of hydrogen-bond acceptors (Lipinski definition) is 5. The summed E-state index contributed by atoms with van der Waals surface area (Å²) in [6.07, 6.45) is 0.701. The molecule has 1 unspecified atom stereocenters. The van der Waals surface area contributed by atoms with Crippen molar-refractivity contribution >= 4 is 14.2 Å². The summed E-state index contributed by atoms with van der Waals surface area (Å²) in [5.74, 6) is 0.733. The number of amides is 1. The highest BCUT2D eigenvalue weighted by Gasteiger charge is 2.37. The van der Waals surface area contributed by atoms with E-state index in [4.69, 9.17) is 18.6 Å². The van der Waals surface area contributed by atoms with Gasteiger partial charge in [-0.15, -0.1) is 0 Å². The van der Waals surface area contributed by atoms with Crippen LogP contribution >= 0.6 is 0 Å². The lowest BCUT2D eigenvalue weighted by Gasteiger charge is -2.36. The molecule has 0 bridgehead atoms. The minimum Gasteiger partial charge on any atom is -0.493 e. The molecule has 0 aliphatic carbocycles. The van der Waals surface area contributed by atoms with E-state index in [1.54, 1.807) is 25.1 Å². The number of nitrogens with one attached hydrogen (secondary N) is 1. The quantitative estimate of drug-likeness (QED) is 0.375. The highest BCUT2D eigenvalue weighted by molar-refractivity contribution is 6.74. The highest BCUT2D eigenvalue weighted by atomic mass is 28.4. The van der Waals surface area contributed by atoms with Gasteiger partial charge < -0.3 is 24.0 Å². The van der Waals surface area contributed by atoms with E-state index in [9.17, 15) is 9.18 Å². The number of rotatable bonds is 11. The molecule has 0 aromatic heterocycles. The van der Waals surface area contributed by atoms with Crippen LogP contribution in [0.4, 0.5) is 4.39 Å². The second-order valence-corrected chi connectivity index (χ2v) is 15.0. The molecular weight excluding hydrogens is 465 g/mol. The van der Waals surface area contributed by atoms with Crippen molar-refractivity contribution in [1.29, 1.82) is 0 Å². The smallest absolute Gasteiger partial charge is 0.251 e. The Bertz CT molecular complexity index is 1000. The lowest BCUT2D eigenvalue weighted by molar-refractivity contribution is 0.0948. The Morgan fingerprint density at radius 1 is 1.03 bits per heavy atom. The summed E-state index contributed by atoms with van der Waals surface area (Å²) < 4.78 is 36.2. The maximum Gasteiger partial charge on any atom is 0.251 e. The van der Waals surface area contributed by atoms with Gasteiger partial charge in [0.05, 0.1) is 21.3 Å². The average molecular weight is 506 g/mol. The largest absolute Gasteiger partial charge is 0.493 e. The van der Waals surface area contributed by atoms with Crippen molar-refractivity contribution < 1.29 is 27.8 Å². The molecule has 1 amide bonds. The molecule has 0 spiro atoms. The van der Waals surface area contributed by atoms with Crippen molar-refractivity contribution in [3.05, 3.63) is 52.8 Å². The Balaban J connectivity index is 2.23. The fourth-order valence-corrected chi connectivity index (χ4v) is 4.70. The van der Waals surface area contributed by atoms with Crippen molar-refractivity contribution in [1.82, 2.24) is 5.32 Å². The lowest BCUT2D eigenvalue weighted by Crippen LogP contribution is -2.41. The van der Waals surface area contributed by atoms with Crippen LogP contribution in [0.3, 0.4) is 0 Å². The van der Waals surface area contributed by atoms with Crippen molar-refractivity contribution in [3.8, 4) is 17.2 Å². The summed E-state index contributed by atoms with van der Waals surface area (Å²) in [5, 5.41) is 3.15. The van der Waals surface area contributed by atoms with Crippen molar-refractivity contribution in [2.75, 3.05) is 34.5 Å². The van der Waals surface area contributed by atoms with Crippen molar-refractivity contribution in [2.24, 2.45) is 0 Å². The van der Waals surface area contributed by atoms with E-state index >= 15 is 0 Å². The summed E-state index contributed by atoms with van der Waals surface area (Å²) in [5.41, 5.74) is 2.05. The first-order valence-corrected chi connectivity index (χ1v) is 14.7. The third-order valence-electron chi connectivity index (χ3n) is 6.91. The minimum absolute atomic E-state index is 0.0355. The Morgan fingerprint density at radius 2 is 1.63 bits per heavy atom. The van der Waals surface area contributed by atoms with E-state index in [1.165, 1.54) is 33.5 Å². The van der Waals surface area contributed by atoms with E-state index in [2.05, 4.69) is 39.2 Å². The van der Waals surface area contributed by atoms with Gasteiger partial charge in [0.1, 0.15) is 5.82 Å². The van der Waals surface area contributed by atoms with Crippen LogP contribution < -0.4 is 19.5 Å². The molecule has 0 aliphatic heterocycles. The van der Waals surface area contributed by atoms with Crippen LogP contribution in [-0.2, 0) is 4.43 Å². The number of carbonyl (C=O) groups excluding carboxylic acids is 1.